The molecule has 12 heteroatoms. The minimum Gasteiger partial charge on any atom is -0.382 e. The van der Waals surface area contributed by atoms with Crippen LogP contribution in [0.25, 0.3) is 27.6 Å². The molecule has 1 N–H and O–H groups in total. The first-order valence-electron chi connectivity index (χ1n) is 16.4. The lowest BCUT2D eigenvalue weighted by atomic mass is 10.0. The summed E-state index contributed by atoms with van der Waals surface area (Å²) in [6.45, 7) is 6.27. The zero-order chi connectivity index (χ0) is 34.6. The zero-order valence-electron chi connectivity index (χ0n) is 27.7. The van der Waals surface area contributed by atoms with Crippen LogP contribution in [-0.2, 0) is 6.42 Å². The second-order valence-electron chi connectivity index (χ2n) is 12.1. The molecule has 1 aliphatic carbocycles. The second-order valence-corrected chi connectivity index (χ2v) is 12.8. The minimum absolute atomic E-state index is 0.164. The predicted molar refractivity (Wildman–Crippen MR) is 200 cm³/mol. The van der Waals surface area contributed by atoms with E-state index in [2.05, 4.69) is 67.3 Å². The summed E-state index contributed by atoms with van der Waals surface area (Å²) in [4.78, 5) is 10.9. The SMILES string of the molecule is CCC(C)Nc1ccc(N=Nc2ccc(N=Nc3ccc(N=Nc4snc5c4C=C([N+](=O)[O-])CC5)c(C)c3)c3ccccc23)c2ccccc12. The van der Waals surface area contributed by atoms with Crippen molar-refractivity contribution in [3.63, 3.8) is 0 Å². The van der Waals surface area contributed by atoms with Crippen molar-refractivity contribution in [1.29, 1.82) is 0 Å². The van der Waals surface area contributed by atoms with Crippen LogP contribution < -0.4 is 5.32 Å². The van der Waals surface area contributed by atoms with E-state index in [0.29, 0.717) is 46.5 Å². The van der Waals surface area contributed by atoms with Gasteiger partial charge >= 0.3 is 0 Å². The Hall–Kier alpha value is -6.01. The fourth-order valence-corrected chi connectivity index (χ4v) is 6.52. The molecule has 0 spiro atoms. The Morgan fingerprint density at radius 2 is 1.36 bits per heavy atom. The number of nitro groups is 1. The number of allylic oxidation sites excluding steroid dienone is 1. The van der Waals surface area contributed by atoms with E-state index in [-0.39, 0.29) is 10.6 Å². The highest BCUT2D eigenvalue weighted by Gasteiger charge is 2.23. The number of fused-ring (bicyclic) bond motifs is 3. The highest BCUT2D eigenvalue weighted by molar-refractivity contribution is 7.10. The van der Waals surface area contributed by atoms with Crippen molar-refractivity contribution < 1.29 is 4.92 Å². The third-order valence-electron chi connectivity index (χ3n) is 8.71. The van der Waals surface area contributed by atoms with Crippen LogP contribution in [0.4, 0.5) is 39.1 Å². The predicted octanol–water partition coefficient (Wildman–Crippen LogP) is 12.8. The van der Waals surface area contributed by atoms with Crippen LogP contribution in [0.3, 0.4) is 0 Å². The lowest BCUT2D eigenvalue weighted by molar-refractivity contribution is -0.426. The van der Waals surface area contributed by atoms with E-state index in [1.54, 1.807) is 6.08 Å². The average molecular weight is 680 g/mol. The number of anilines is 1. The first-order valence-corrected chi connectivity index (χ1v) is 17.1. The largest absolute Gasteiger partial charge is 0.382 e. The smallest absolute Gasteiger partial charge is 0.247 e. The number of azo groups is 3. The Kier molecular flexibility index (Phi) is 9.26. The molecule has 0 amide bonds. The van der Waals surface area contributed by atoms with E-state index in [1.807, 2.05) is 79.7 Å². The van der Waals surface area contributed by atoms with Gasteiger partial charge in [0.05, 0.1) is 39.1 Å². The molecule has 1 aliphatic rings. The number of nitrogens with one attached hydrogen (secondary N) is 1. The fourth-order valence-electron chi connectivity index (χ4n) is 5.78. The van der Waals surface area contributed by atoms with Crippen molar-refractivity contribution in [2.45, 2.75) is 46.1 Å². The van der Waals surface area contributed by atoms with Gasteiger partial charge in [0.25, 0.3) is 0 Å². The minimum atomic E-state index is -0.351. The number of aryl methyl sites for hydroxylation is 2. The average Bonchev–Trinajstić information content (AvgIpc) is 3.55. The molecule has 1 aromatic heterocycles. The Morgan fingerprint density at radius 3 is 2.00 bits per heavy atom. The summed E-state index contributed by atoms with van der Waals surface area (Å²) in [5.74, 6) is 0. The highest BCUT2D eigenvalue weighted by Crippen LogP contribution is 2.39. The lowest BCUT2D eigenvalue weighted by Gasteiger charge is -2.15. The molecule has 0 radical (unpaired) electrons. The summed E-state index contributed by atoms with van der Waals surface area (Å²) < 4.78 is 4.41. The van der Waals surface area contributed by atoms with Gasteiger partial charge in [0.15, 0.2) is 5.00 Å². The molecule has 0 saturated heterocycles. The van der Waals surface area contributed by atoms with Gasteiger partial charge in [0.1, 0.15) is 0 Å². The van der Waals surface area contributed by atoms with E-state index < -0.39 is 0 Å². The van der Waals surface area contributed by atoms with Gasteiger partial charge < -0.3 is 5.32 Å². The molecule has 11 nitrogen and oxygen atoms in total. The Balaban J connectivity index is 1.11. The molecule has 1 heterocycles. The van der Waals surface area contributed by atoms with E-state index >= 15 is 0 Å². The van der Waals surface area contributed by atoms with Gasteiger partial charge in [-0.25, -0.2) is 0 Å². The Bertz CT molecular complexity index is 2380. The van der Waals surface area contributed by atoms with Crippen molar-refractivity contribution in [2.24, 2.45) is 30.7 Å². The van der Waals surface area contributed by atoms with Crippen molar-refractivity contribution in [2.75, 3.05) is 5.32 Å². The molecule has 0 aliphatic heterocycles. The van der Waals surface area contributed by atoms with E-state index in [4.69, 9.17) is 5.11 Å². The summed E-state index contributed by atoms with van der Waals surface area (Å²) >= 11 is 1.19. The summed E-state index contributed by atoms with van der Waals surface area (Å²) in [6, 6.07) is 30.0. The van der Waals surface area contributed by atoms with Gasteiger partial charge in [-0.05, 0) is 79.8 Å². The third kappa shape index (κ3) is 6.78. The van der Waals surface area contributed by atoms with Gasteiger partial charge in [-0.15, -0.1) is 25.6 Å². The number of hydrogen-bond donors (Lipinski definition) is 1. The fraction of sp³-hybridized carbons (Fsp3) is 0.184. The van der Waals surface area contributed by atoms with Crippen LogP contribution in [0.15, 0.2) is 127 Å². The Morgan fingerprint density at radius 1 is 0.780 bits per heavy atom. The zero-order valence-corrected chi connectivity index (χ0v) is 28.6. The number of rotatable bonds is 10. The van der Waals surface area contributed by atoms with Crippen molar-refractivity contribution >= 4 is 78.3 Å². The molecule has 5 aromatic carbocycles. The monoisotopic (exact) mass is 679 g/mol. The first kappa shape index (κ1) is 32.5. The van der Waals surface area contributed by atoms with E-state index in [1.165, 1.54) is 11.5 Å². The maximum absolute atomic E-state index is 11.3. The van der Waals surface area contributed by atoms with Crippen LogP contribution in [0.2, 0.25) is 0 Å². The Labute approximate surface area is 292 Å². The van der Waals surface area contributed by atoms with Crippen LogP contribution in [-0.4, -0.2) is 15.3 Å². The van der Waals surface area contributed by atoms with Gasteiger partial charge in [-0.1, -0.05) is 55.5 Å². The normalized spacial score (nSPS) is 13.8. The number of hydrogen-bond acceptors (Lipinski definition) is 11. The molecular weight excluding hydrogens is 647 g/mol. The molecule has 1 unspecified atom stereocenters. The van der Waals surface area contributed by atoms with Gasteiger partial charge in [0.2, 0.25) is 5.70 Å². The van der Waals surface area contributed by atoms with E-state index in [9.17, 15) is 10.1 Å². The van der Waals surface area contributed by atoms with Gasteiger partial charge in [-0.2, -0.15) is 9.49 Å². The first-order chi connectivity index (χ1) is 24.4. The van der Waals surface area contributed by atoms with Gasteiger partial charge in [-0.3, -0.25) is 10.1 Å². The summed E-state index contributed by atoms with van der Waals surface area (Å²) in [5, 5.41) is 46.7. The lowest BCUT2D eigenvalue weighted by Crippen LogP contribution is -2.13. The van der Waals surface area contributed by atoms with Crippen molar-refractivity contribution in [3.8, 4) is 0 Å². The molecule has 7 rings (SSSR count). The van der Waals surface area contributed by atoms with Gasteiger partial charge in [0, 0.05) is 57.8 Å². The maximum Gasteiger partial charge on any atom is 0.247 e. The topological polar surface area (TPSA) is 142 Å². The summed E-state index contributed by atoms with van der Waals surface area (Å²) in [5.41, 5.74) is 7.19. The number of aromatic nitrogens is 1. The molecule has 0 saturated carbocycles. The van der Waals surface area contributed by atoms with Crippen LogP contribution >= 0.6 is 11.5 Å². The quantitative estimate of drug-likeness (QED) is 0.0873. The van der Waals surface area contributed by atoms with Crippen LogP contribution in [0, 0.1) is 17.0 Å². The maximum atomic E-state index is 11.3. The van der Waals surface area contributed by atoms with E-state index in [0.717, 1.165) is 56.3 Å². The van der Waals surface area contributed by atoms with Crippen molar-refractivity contribution in [3.05, 3.63) is 124 Å². The molecule has 0 bridgehead atoms. The molecule has 0 fully saturated rings. The molecular formula is C38H33N9O2S. The number of nitrogens with zero attached hydrogens (tertiary/aromatic N) is 8. The third-order valence-corrected chi connectivity index (χ3v) is 9.49. The molecule has 1 atom stereocenters. The standard InChI is InChI=1S/C38H33N9O2S/c1-4-24(3)39-33-17-18-35(28-10-6-5-9-27(28)33)43-44-36-20-19-34(29-11-7-8-12-30(29)36)42-40-25-13-15-32(23(2)21-25)41-45-38-31-22-26(47(48)49)14-16-37(31)46-50-38/h5-13,15,17-22,24,39H,4,14,16H2,1-3H3. The second kappa shape index (κ2) is 14.2. The van der Waals surface area contributed by atoms with Crippen molar-refractivity contribution in [1.82, 2.24) is 4.37 Å². The molecule has 248 valence electrons. The molecule has 50 heavy (non-hydrogen) atoms. The molecule has 6 aromatic rings. The summed E-state index contributed by atoms with van der Waals surface area (Å²) in [6.07, 6.45) is 3.48. The number of benzene rings is 5. The van der Waals surface area contributed by atoms with Crippen LogP contribution in [0.5, 0.6) is 0 Å². The highest BCUT2D eigenvalue weighted by atomic mass is 32.1. The van der Waals surface area contributed by atoms with Crippen LogP contribution in [0.1, 0.15) is 43.5 Å². The summed E-state index contributed by atoms with van der Waals surface area (Å²) in [7, 11) is 0.